The summed E-state index contributed by atoms with van der Waals surface area (Å²) in [6, 6.07) is 2.39. The smallest absolute Gasteiger partial charge is 0.229 e. The molecule has 2 rings (SSSR count). The van der Waals surface area contributed by atoms with Crippen LogP contribution in [0.2, 0.25) is 0 Å². The lowest BCUT2D eigenvalue weighted by molar-refractivity contribution is 0.325. The molecule has 1 aromatic heterocycles. The van der Waals surface area contributed by atoms with Gasteiger partial charge < -0.3 is 15.0 Å². The van der Waals surface area contributed by atoms with E-state index in [9.17, 15) is 0 Å². The Hall–Kier alpha value is -1.36. The molecule has 0 saturated carbocycles. The van der Waals surface area contributed by atoms with Crippen molar-refractivity contribution in [2.75, 3.05) is 31.1 Å². The first-order valence-corrected chi connectivity index (χ1v) is 7.70. The first-order valence-electron chi connectivity index (χ1n) is 7.70. The molecule has 0 spiro atoms. The highest BCUT2D eigenvalue weighted by molar-refractivity contribution is 5.37. The van der Waals surface area contributed by atoms with E-state index < -0.39 is 0 Å². The topological polar surface area (TPSA) is 50.3 Å². The molecule has 1 aliphatic heterocycles. The molecule has 0 radical (unpaired) electrons. The molecule has 1 fully saturated rings. The lowest BCUT2D eigenvalue weighted by Crippen LogP contribution is -2.39. The molecule has 0 amide bonds. The van der Waals surface area contributed by atoms with Gasteiger partial charge in [-0.15, -0.1) is 0 Å². The third kappa shape index (κ3) is 3.82. The number of nitrogens with one attached hydrogen (secondary N) is 1. The van der Waals surface area contributed by atoms with Gasteiger partial charge in [0.05, 0.1) is 6.61 Å². The van der Waals surface area contributed by atoms with Crippen molar-refractivity contribution in [2.45, 2.75) is 46.1 Å². The predicted octanol–water partition coefficient (Wildman–Crippen LogP) is 2.15. The van der Waals surface area contributed by atoms with Crippen LogP contribution in [0.4, 0.5) is 5.95 Å². The fraction of sp³-hybridized carbons (Fsp3) is 0.733. The Morgan fingerprint density at radius 2 is 2.25 bits per heavy atom. The highest BCUT2D eigenvalue weighted by Crippen LogP contribution is 2.24. The molecular formula is C15H26N4O. The first-order chi connectivity index (χ1) is 9.74. The van der Waals surface area contributed by atoms with Gasteiger partial charge in [-0.2, -0.15) is 4.98 Å². The molecule has 5 heteroatoms. The second-order valence-corrected chi connectivity index (χ2v) is 5.27. The Morgan fingerprint density at radius 3 is 3.00 bits per heavy atom. The van der Waals surface area contributed by atoms with Crippen LogP contribution in [0, 0.1) is 6.92 Å². The Morgan fingerprint density at radius 1 is 1.40 bits per heavy atom. The third-order valence-electron chi connectivity index (χ3n) is 3.55. The van der Waals surface area contributed by atoms with Crippen LogP contribution in [-0.4, -0.2) is 42.3 Å². The number of aromatic nitrogens is 2. The number of anilines is 1. The number of hydrogen-bond donors (Lipinski definition) is 1. The van der Waals surface area contributed by atoms with Gasteiger partial charge in [-0.05, 0) is 39.7 Å². The van der Waals surface area contributed by atoms with Crippen molar-refractivity contribution in [1.82, 2.24) is 15.3 Å². The summed E-state index contributed by atoms with van der Waals surface area (Å²) in [5, 5.41) is 3.50. The number of rotatable bonds is 7. The maximum absolute atomic E-state index is 5.53. The number of hydrogen-bond acceptors (Lipinski definition) is 5. The highest BCUT2D eigenvalue weighted by atomic mass is 16.5. The van der Waals surface area contributed by atoms with E-state index >= 15 is 0 Å². The van der Waals surface area contributed by atoms with Crippen molar-refractivity contribution in [3.63, 3.8) is 0 Å². The lowest BCUT2D eigenvalue weighted by Gasteiger charge is -2.25. The van der Waals surface area contributed by atoms with Gasteiger partial charge in [0.1, 0.15) is 0 Å². The van der Waals surface area contributed by atoms with Gasteiger partial charge in [0.15, 0.2) is 0 Å². The summed E-state index contributed by atoms with van der Waals surface area (Å²) in [4.78, 5) is 11.4. The van der Waals surface area contributed by atoms with Gasteiger partial charge in [0.2, 0.25) is 11.8 Å². The van der Waals surface area contributed by atoms with Crippen molar-refractivity contribution in [2.24, 2.45) is 0 Å². The van der Waals surface area contributed by atoms with Crippen LogP contribution in [0.1, 0.15) is 38.8 Å². The molecule has 1 saturated heterocycles. The van der Waals surface area contributed by atoms with Crippen LogP contribution < -0.4 is 15.0 Å². The van der Waals surface area contributed by atoms with E-state index in [4.69, 9.17) is 4.74 Å². The zero-order valence-electron chi connectivity index (χ0n) is 12.9. The fourth-order valence-electron chi connectivity index (χ4n) is 2.63. The summed E-state index contributed by atoms with van der Waals surface area (Å²) in [5.41, 5.74) is 0.964. The van der Waals surface area contributed by atoms with Crippen molar-refractivity contribution < 1.29 is 4.74 Å². The second-order valence-electron chi connectivity index (χ2n) is 5.27. The molecule has 1 N–H and O–H groups in total. The Labute approximate surface area is 121 Å². The fourth-order valence-corrected chi connectivity index (χ4v) is 2.63. The van der Waals surface area contributed by atoms with Crippen LogP contribution >= 0.6 is 0 Å². The lowest BCUT2D eigenvalue weighted by atomic mass is 10.2. The molecule has 112 valence electrons. The molecule has 1 unspecified atom stereocenters. The molecule has 0 aliphatic carbocycles. The SMILES string of the molecule is CCCNCC1CCCN1c1nc(C)cc(OCC)n1. The summed E-state index contributed by atoms with van der Waals surface area (Å²) in [7, 11) is 0. The normalized spacial score (nSPS) is 18.6. The minimum Gasteiger partial charge on any atom is -0.478 e. The van der Waals surface area contributed by atoms with Crippen molar-refractivity contribution >= 4 is 5.95 Å². The molecule has 0 aromatic carbocycles. The third-order valence-corrected chi connectivity index (χ3v) is 3.55. The van der Waals surface area contributed by atoms with Gasteiger partial charge in [-0.25, -0.2) is 4.98 Å². The zero-order valence-corrected chi connectivity index (χ0v) is 12.9. The number of aryl methyl sites for hydroxylation is 1. The minimum absolute atomic E-state index is 0.498. The van der Waals surface area contributed by atoms with Crippen LogP contribution in [0.25, 0.3) is 0 Å². The summed E-state index contributed by atoms with van der Waals surface area (Å²) in [5.74, 6) is 1.50. The molecular weight excluding hydrogens is 252 g/mol. The summed E-state index contributed by atoms with van der Waals surface area (Å²) in [6.45, 7) is 9.92. The quantitative estimate of drug-likeness (QED) is 0.775. The van der Waals surface area contributed by atoms with Gasteiger partial charge in [-0.3, -0.25) is 0 Å². The zero-order chi connectivity index (χ0) is 14.4. The second kappa shape index (κ2) is 7.43. The standard InChI is InChI=1S/C15H26N4O/c1-4-8-16-11-13-7-6-9-19(13)15-17-12(3)10-14(18-15)20-5-2/h10,13,16H,4-9,11H2,1-3H3. The molecule has 0 bridgehead atoms. The van der Waals surface area contributed by atoms with Crippen LogP contribution in [0.3, 0.4) is 0 Å². The van der Waals surface area contributed by atoms with E-state index in [-0.39, 0.29) is 0 Å². The molecule has 1 aliphatic rings. The summed E-state index contributed by atoms with van der Waals surface area (Å²) < 4.78 is 5.53. The van der Waals surface area contributed by atoms with Gasteiger partial charge in [0.25, 0.3) is 0 Å². The Bertz CT molecular complexity index is 424. The number of nitrogens with zero attached hydrogens (tertiary/aromatic N) is 3. The Balaban J connectivity index is 2.08. The maximum Gasteiger partial charge on any atom is 0.229 e. The highest BCUT2D eigenvalue weighted by Gasteiger charge is 2.26. The Kier molecular flexibility index (Phi) is 5.59. The average molecular weight is 278 g/mol. The summed E-state index contributed by atoms with van der Waals surface area (Å²) in [6.07, 6.45) is 3.58. The molecule has 5 nitrogen and oxygen atoms in total. The van der Waals surface area contributed by atoms with E-state index in [1.807, 2.05) is 19.9 Å². The summed E-state index contributed by atoms with van der Waals surface area (Å²) >= 11 is 0. The van der Waals surface area contributed by atoms with Crippen LogP contribution in [0.5, 0.6) is 5.88 Å². The molecule has 20 heavy (non-hydrogen) atoms. The molecule has 1 atom stereocenters. The predicted molar refractivity (Wildman–Crippen MR) is 81.5 cm³/mol. The maximum atomic E-state index is 5.53. The van der Waals surface area contributed by atoms with Crippen molar-refractivity contribution in [3.8, 4) is 5.88 Å². The van der Waals surface area contributed by atoms with E-state index in [0.29, 0.717) is 18.5 Å². The van der Waals surface area contributed by atoms with E-state index in [2.05, 4.69) is 27.1 Å². The first kappa shape index (κ1) is 15.0. The van der Waals surface area contributed by atoms with Gasteiger partial charge in [-0.1, -0.05) is 6.92 Å². The largest absolute Gasteiger partial charge is 0.478 e. The molecule has 1 aromatic rings. The van der Waals surface area contributed by atoms with E-state index in [1.54, 1.807) is 0 Å². The van der Waals surface area contributed by atoms with Crippen LogP contribution in [0.15, 0.2) is 6.07 Å². The van der Waals surface area contributed by atoms with E-state index in [0.717, 1.165) is 31.3 Å². The van der Waals surface area contributed by atoms with Gasteiger partial charge in [0, 0.05) is 30.9 Å². The van der Waals surface area contributed by atoms with Crippen molar-refractivity contribution in [3.05, 3.63) is 11.8 Å². The van der Waals surface area contributed by atoms with Gasteiger partial charge >= 0.3 is 0 Å². The average Bonchev–Trinajstić information content (AvgIpc) is 2.87. The van der Waals surface area contributed by atoms with Crippen LogP contribution in [-0.2, 0) is 0 Å². The van der Waals surface area contributed by atoms with Crippen molar-refractivity contribution in [1.29, 1.82) is 0 Å². The minimum atomic E-state index is 0.498. The molecule has 2 heterocycles. The van der Waals surface area contributed by atoms with E-state index in [1.165, 1.54) is 19.3 Å². The number of ether oxygens (including phenoxy) is 1. The monoisotopic (exact) mass is 278 g/mol.